The molecule has 1 unspecified atom stereocenters. The van der Waals surface area contributed by atoms with Crippen LogP contribution in [0.2, 0.25) is 0 Å². The lowest BCUT2D eigenvalue weighted by molar-refractivity contribution is -0.133. The van der Waals surface area contributed by atoms with Crippen molar-refractivity contribution in [3.8, 4) is 0 Å². The van der Waals surface area contributed by atoms with E-state index in [0.717, 1.165) is 57.4 Å². The van der Waals surface area contributed by atoms with Gasteiger partial charge in [-0.1, -0.05) is 25.1 Å². The number of amides is 1. The molecule has 1 saturated heterocycles. The zero-order chi connectivity index (χ0) is 22.2. The molecule has 3 aromatic heterocycles. The summed E-state index contributed by atoms with van der Waals surface area (Å²) in [5.74, 6) is 0.108. The smallest absolute Gasteiger partial charge is 0.262 e. The summed E-state index contributed by atoms with van der Waals surface area (Å²) in [5, 5.41) is 6.26. The minimum Gasteiger partial charge on any atom is -0.341 e. The number of carbonyl (C=O) groups is 1. The summed E-state index contributed by atoms with van der Waals surface area (Å²) in [6.07, 6.45) is 6.50. The Kier molecular flexibility index (Phi) is 5.55. The van der Waals surface area contributed by atoms with Crippen LogP contribution in [0.15, 0.2) is 41.6 Å². The van der Waals surface area contributed by atoms with Gasteiger partial charge in [0, 0.05) is 29.8 Å². The van der Waals surface area contributed by atoms with E-state index in [9.17, 15) is 9.59 Å². The lowest BCUT2D eigenvalue weighted by atomic mass is 10.0. The fourth-order valence-electron chi connectivity index (χ4n) is 4.83. The number of thiophene rings is 1. The minimum atomic E-state index is -0.0347. The van der Waals surface area contributed by atoms with Crippen LogP contribution in [0.5, 0.6) is 0 Å². The quantitative estimate of drug-likeness (QED) is 0.463. The molecule has 166 valence electrons. The van der Waals surface area contributed by atoms with Crippen LogP contribution in [-0.2, 0) is 17.8 Å². The highest BCUT2D eigenvalue weighted by molar-refractivity contribution is 7.18. The van der Waals surface area contributed by atoms with Gasteiger partial charge >= 0.3 is 0 Å². The number of para-hydroxylation sites is 1. The SMILES string of the molecule is CCc1c(C)sc2ncn(C3CCCN(C(=O)CCn4ncc5ccccc54)C3)c(=O)c12. The molecule has 0 radical (unpaired) electrons. The Hall–Kier alpha value is -3.00. The third kappa shape index (κ3) is 3.62. The van der Waals surface area contributed by atoms with Crippen molar-refractivity contribution in [3.63, 3.8) is 0 Å². The van der Waals surface area contributed by atoms with Crippen molar-refractivity contribution in [3.05, 3.63) is 57.6 Å². The number of likely N-dealkylation sites (tertiary alicyclic amines) is 1. The monoisotopic (exact) mass is 449 g/mol. The molecule has 4 aromatic rings. The number of hydrogen-bond donors (Lipinski definition) is 0. The first-order chi connectivity index (χ1) is 15.6. The zero-order valence-corrected chi connectivity index (χ0v) is 19.3. The second-order valence-electron chi connectivity index (χ2n) is 8.44. The average Bonchev–Trinajstić information content (AvgIpc) is 3.38. The number of fused-ring (bicyclic) bond motifs is 2. The van der Waals surface area contributed by atoms with Crippen LogP contribution in [0.4, 0.5) is 0 Å². The van der Waals surface area contributed by atoms with E-state index in [1.165, 1.54) is 0 Å². The van der Waals surface area contributed by atoms with Crippen LogP contribution >= 0.6 is 11.3 Å². The van der Waals surface area contributed by atoms with E-state index in [4.69, 9.17) is 0 Å². The van der Waals surface area contributed by atoms with Crippen molar-refractivity contribution < 1.29 is 4.79 Å². The lowest BCUT2D eigenvalue weighted by Crippen LogP contribution is -2.43. The summed E-state index contributed by atoms with van der Waals surface area (Å²) >= 11 is 1.59. The lowest BCUT2D eigenvalue weighted by Gasteiger charge is -2.33. The van der Waals surface area contributed by atoms with Crippen molar-refractivity contribution in [2.75, 3.05) is 13.1 Å². The highest BCUT2D eigenvalue weighted by Crippen LogP contribution is 2.28. The molecule has 1 aliphatic rings. The third-order valence-electron chi connectivity index (χ3n) is 6.52. The van der Waals surface area contributed by atoms with Gasteiger partial charge in [0.25, 0.3) is 5.56 Å². The van der Waals surface area contributed by atoms with E-state index in [0.29, 0.717) is 19.5 Å². The van der Waals surface area contributed by atoms with Gasteiger partial charge in [0.2, 0.25) is 5.91 Å². The Labute approximate surface area is 190 Å². The number of rotatable bonds is 5. The maximum atomic E-state index is 13.3. The van der Waals surface area contributed by atoms with Crippen LogP contribution < -0.4 is 5.56 Å². The number of benzene rings is 1. The van der Waals surface area contributed by atoms with E-state index < -0.39 is 0 Å². The molecular weight excluding hydrogens is 422 g/mol. The Morgan fingerprint density at radius 1 is 1.28 bits per heavy atom. The van der Waals surface area contributed by atoms with Crippen LogP contribution in [0.25, 0.3) is 21.1 Å². The number of nitrogens with zero attached hydrogens (tertiary/aromatic N) is 5. The van der Waals surface area contributed by atoms with Crippen molar-refractivity contribution in [1.82, 2.24) is 24.2 Å². The van der Waals surface area contributed by atoms with Gasteiger partial charge in [-0.2, -0.15) is 5.10 Å². The molecule has 0 spiro atoms. The first-order valence-corrected chi connectivity index (χ1v) is 12.1. The number of piperidine rings is 1. The van der Waals surface area contributed by atoms with Crippen LogP contribution in [0.3, 0.4) is 0 Å². The van der Waals surface area contributed by atoms with Crippen molar-refractivity contribution in [1.29, 1.82) is 0 Å². The van der Waals surface area contributed by atoms with Gasteiger partial charge < -0.3 is 4.90 Å². The van der Waals surface area contributed by atoms with E-state index in [1.54, 1.807) is 22.2 Å². The van der Waals surface area contributed by atoms with Gasteiger partial charge in [0.1, 0.15) is 4.83 Å². The van der Waals surface area contributed by atoms with Gasteiger partial charge in [-0.25, -0.2) is 4.98 Å². The molecule has 1 atom stereocenters. The number of aryl methyl sites for hydroxylation is 3. The Bertz CT molecular complexity index is 1350. The predicted molar refractivity (Wildman–Crippen MR) is 127 cm³/mol. The largest absolute Gasteiger partial charge is 0.341 e. The van der Waals surface area contributed by atoms with E-state index >= 15 is 0 Å². The predicted octanol–water partition coefficient (Wildman–Crippen LogP) is 3.93. The van der Waals surface area contributed by atoms with Crippen LogP contribution in [-0.4, -0.2) is 43.2 Å². The number of hydrogen-bond acceptors (Lipinski definition) is 5. The van der Waals surface area contributed by atoms with Gasteiger partial charge in [-0.15, -0.1) is 11.3 Å². The maximum absolute atomic E-state index is 13.3. The normalized spacial score (nSPS) is 16.8. The molecular formula is C24H27N5O2S. The second kappa shape index (κ2) is 8.50. The highest BCUT2D eigenvalue weighted by atomic mass is 32.1. The maximum Gasteiger partial charge on any atom is 0.262 e. The van der Waals surface area contributed by atoms with Crippen LogP contribution in [0, 0.1) is 6.92 Å². The summed E-state index contributed by atoms with van der Waals surface area (Å²) in [7, 11) is 0. The van der Waals surface area contributed by atoms with Crippen molar-refractivity contribution in [2.24, 2.45) is 0 Å². The van der Waals surface area contributed by atoms with Gasteiger partial charge in [-0.05, 0) is 37.8 Å². The van der Waals surface area contributed by atoms with Crippen molar-refractivity contribution in [2.45, 2.75) is 52.1 Å². The van der Waals surface area contributed by atoms with Gasteiger partial charge in [-0.3, -0.25) is 18.8 Å². The third-order valence-corrected chi connectivity index (χ3v) is 7.58. The molecule has 32 heavy (non-hydrogen) atoms. The fraction of sp³-hybridized carbons (Fsp3) is 0.417. The first kappa shape index (κ1) is 20.9. The summed E-state index contributed by atoms with van der Waals surface area (Å²) < 4.78 is 3.65. The topological polar surface area (TPSA) is 73.0 Å². The number of carbonyl (C=O) groups excluding carboxylic acids is 1. The Balaban J connectivity index is 1.32. The molecule has 5 rings (SSSR count). The molecule has 0 saturated carbocycles. The molecule has 0 aliphatic carbocycles. The molecule has 8 heteroatoms. The summed E-state index contributed by atoms with van der Waals surface area (Å²) in [5.41, 5.74) is 2.17. The van der Waals surface area contributed by atoms with E-state index in [-0.39, 0.29) is 17.5 Å². The molecule has 0 bridgehead atoms. The molecule has 1 aromatic carbocycles. The zero-order valence-electron chi connectivity index (χ0n) is 18.5. The van der Waals surface area contributed by atoms with E-state index in [1.807, 2.05) is 40.0 Å². The standard InChI is InChI=1S/C24H27N5O2S/c1-3-19-16(2)32-23-22(19)24(31)28(15-25-23)18-8-6-11-27(14-18)21(30)10-12-29-20-9-5-4-7-17(20)13-26-29/h4-5,7,9,13,15,18H,3,6,8,10-12,14H2,1-2H3. The molecule has 1 amide bonds. The molecule has 7 nitrogen and oxygen atoms in total. The van der Waals surface area contributed by atoms with E-state index in [2.05, 4.69) is 23.9 Å². The van der Waals surface area contributed by atoms with Gasteiger partial charge in [0.05, 0.1) is 36.0 Å². The van der Waals surface area contributed by atoms with Crippen LogP contribution in [0.1, 0.15) is 42.7 Å². The second-order valence-corrected chi connectivity index (χ2v) is 9.64. The fourth-order valence-corrected chi connectivity index (χ4v) is 5.90. The highest BCUT2D eigenvalue weighted by Gasteiger charge is 2.26. The Morgan fingerprint density at radius 3 is 2.97 bits per heavy atom. The minimum absolute atomic E-state index is 0.0264. The molecule has 1 fully saturated rings. The molecule has 4 heterocycles. The van der Waals surface area contributed by atoms with Gasteiger partial charge in [0.15, 0.2) is 0 Å². The molecule has 0 N–H and O–H groups in total. The summed E-state index contributed by atoms with van der Waals surface area (Å²) in [6, 6.07) is 7.99. The first-order valence-electron chi connectivity index (χ1n) is 11.2. The summed E-state index contributed by atoms with van der Waals surface area (Å²) in [6.45, 7) is 5.97. The summed E-state index contributed by atoms with van der Waals surface area (Å²) in [4.78, 5) is 34.8. The average molecular weight is 450 g/mol. The molecule has 1 aliphatic heterocycles. The number of aromatic nitrogens is 4. The van der Waals surface area contributed by atoms with Crippen molar-refractivity contribution >= 4 is 38.4 Å². The Morgan fingerprint density at radius 2 is 2.12 bits per heavy atom.